The first-order chi connectivity index (χ1) is 11.5. The fourth-order valence-electron chi connectivity index (χ4n) is 2.91. The van der Waals surface area contributed by atoms with Gasteiger partial charge in [0.05, 0.1) is 6.54 Å². The molecule has 2 aromatic rings. The van der Waals surface area contributed by atoms with Crippen molar-refractivity contribution in [3.05, 3.63) is 64.2 Å². The van der Waals surface area contributed by atoms with Crippen molar-refractivity contribution in [2.75, 3.05) is 11.9 Å². The molecule has 0 heterocycles. The Labute approximate surface area is 148 Å². The molecule has 0 bridgehead atoms. The Hall–Kier alpha value is -1.84. The van der Waals surface area contributed by atoms with Gasteiger partial charge in [-0.05, 0) is 56.0 Å². The van der Waals surface area contributed by atoms with Crippen molar-refractivity contribution in [3.8, 4) is 0 Å². The maximum absolute atomic E-state index is 12.5. The molecular weight excluding hydrogens is 320 g/mol. The average molecular weight is 343 g/mol. The molecule has 0 unspecified atom stereocenters. The molecule has 0 radical (unpaired) electrons. The summed E-state index contributed by atoms with van der Waals surface area (Å²) < 4.78 is 0. The molecule has 0 atom stereocenters. The number of halogens is 1. The van der Waals surface area contributed by atoms with Crippen LogP contribution >= 0.6 is 11.6 Å². The van der Waals surface area contributed by atoms with Crippen LogP contribution in [0.4, 0.5) is 5.69 Å². The maximum atomic E-state index is 12.5. The Morgan fingerprint density at radius 2 is 1.88 bits per heavy atom. The molecule has 2 aromatic carbocycles. The Balaban J connectivity index is 1.62. The van der Waals surface area contributed by atoms with E-state index in [-0.39, 0.29) is 5.91 Å². The van der Waals surface area contributed by atoms with Gasteiger partial charge in [0, 0.05) is 23.3 Å². The topological polar surface area (TPSA) is 32.3 Å². The van der Waals surface area contributed by atoms with E-state index >= 15 is 0 Å². The number of carbonyl (C=O) groups is 1. The average Bonchev–Trinajstić information content (AvgIpc) is 3.36. The normalized spacial score (nSPS) is 14.0. The van der Waals surface area contributed by atoms with E-state index < -0.39 is 0 Å². The van der Waals surface area contributed by atoms with Crippen molar-refractivity contribution < 1.29 is 4.79 Å². The van der Waals surface area contributed by atoms with Crippen LogP contribution in [0.1, 0.15) is 29.5 Å². The second-order valence-electron chi connectivity index (χ2n) is 6.63. The summed E-state index contributed by atoms with van der Waals surface area (Å²) in [6.07, 6.45) is 2.34. The molecule has 1 saturated carbocycles. The van der Waals surface area contributed by atoms with Gasteiger partial charge in [-0.2, -0.15) is 0 Å². The van der Waals surface area contributed by atoms with Gasteiger partial charge in [-0.3, -0.25) is 9.69 Å². The smallest absolute Gasteiger partial charge is 0.238 e. The molecule has 1 aliphatic carbocycles. The minimum Gasteiger partial charge on any atom is -0.325 e. The van der Waals surface area contributed by atoms with Gasteiger partial charge in [-0.25, -0.2) is 0 Å². The van der Waals surface area contributed by atoms with Crippen LogP contribution in [0, 0.1) is 13.8 Å². The number of rotatable bonds is 6. The summed E-state index contributed by atoms with van der Waals surface area (Å²) in [7, 11) is 0. The fraction of sp³-hybridized carbons (Fsp3) is 0.350. The standard InChI is InChI=1S/C20H23ClN2O/c1-14-3-10-19(15(2)11-14)22-20(24)13-23(18-8-9-18)12-16-4-6-17(21)7-5-16/h3-7,10-11,18H,8-9,12-13H2,1-2H3,(H,22,24). The zero-order valence-corrected chi connectivity index (χ0v) is 14.9. The molecule has 1 amide bonds. The Kier molecular flexibility index (Phi) is 5.22. The van der Waals surface area contributed by atoms with E-state index in [1.165, 1.54) is 24.0 Å². The third kappa shape index (κ3) is 4.59. The number of hydrogen-bond acceptors (Lipinski definition) is 2. The van der Waals surface area contributed by atoms with Crippen molar-refractivity contribution >= 4 is 23.2 Å². The van der Waals surface area contributed by atoms with Gasteiger partial charge in [0.2, 0.25) is 5.91 Å². The van der Waals surface area contributed by atoms with Gasteiger partial charge < -0.3 is 5.32 Å². The summed E-state index contributed by atoms with van der Waals surface area (Å²) in [4.78, 5) is 14.7. The molecule has 1 N–H and O–H groups in total. The summed E-state index contributed by atoms with van der Waals surface area (Å²) in [5.74, 6) is 0.0443. The number of nitrogens with zero attached hydrogens (tertiary/aromatic N) is 1. The number of carbonyl (C=O) groups excluding carboxylic acids is 1. The van der Waals surface area contributed by atoms with Crippen LogP contribution in [-0.4, -0.2) is 23.4 Å². The number of aryl methyl sites for hydroxylation is 2. The second-order valence-corrected chi connectivity index (χ2v) is 7.07. The Morgan fingerprint density at radius 3 is 2.50 bits per heavy atom. The first-order valence-corrected chi connectivity index (χ1v) is 8.74. The number of nitrogens with one attached hydrogen (secondary N) is 1. The summed E-state index contributed by atoms with van der Waals surface area (Å²) in [6.45, 7) is 5.28. The molecule has 0 aromatic heterocycles. The number of amides is 1. The van der Waals surface area contributed by atoms with Crippen molar-refractivity contribution in [2.45, 2.75) is 39.3 Å². The largest absolute Gasteiger partial charge is 0.325 e. The van der Waals surface area contributed by atoms with Crippen LogP contribution in [0.5, 0.6) is 0 Å². The highest BCUT2D eigenvalue weighted by molar-refractivity contribution is 6.30. The summed E-state index contributed by atoms with van der Waals surface area (Å²) >= 11 is 5.95. The number of benzene rings is 2. The highest BCUT2D eigenvalue weighted by atomic mass is 35.5. The molecule has 0 spiro atoms. The number of anilines is 1. The van der Waals surface area contributed by atoms with E-state index in [4.69, 9.17) is 11.6 Å². The van der Waals surface area contributed by atoms with Crippen LogP contribution in [0.2, 0.25) is 5.02 Å². The Morgan fingerprint density at radius 1 is 1.17 bits per heavy atom. The molecule has 3 rings (SSSR count). The molecule has 0 aliphatic heterocycles. The predicted molar refractivity (Wildman–Crippen MR) is 99.4 cm³/mol. The lowest BCUT2D eigenvalue weighted by Crippen LogP contribution is -2.34. The van der Waals surface area contributed by atoms with Gasteiger partial charge in [-0.1, -0.05) is 41.4 Å². The van der Waals surface area contributed by atoms with Crippen molar-refractivity contribution in [2.24, 2.45) is 0 Å². The monoisotopic (exact) mass is 342 g/mol. The predicted octanol–water partition coefficient (Wildman–Crippen LogP) is 4.56. The summed E-state index contributed by atoms with van der Waals surface area (Å²) in [5.41, 5.74) is 4.38. The zero-order valence-electron chi connectivity index (χ0n) is 14.2. The number of hydrogen-bond donors (Lipinski definition) is 1. The van der Waals surface area contributed by atoms with Crippen LogP contribution < -0.4 is 5.32 Å². The van der Waals surface area contributed by atoms with E-state index in [1.807, 2.05) is 43.3 Å². The molecule has 3 nitrogen and oxygen atoms in total. The maximum Gasteiger partial charge on any atom is 0.238 e. The lowest BCUT2D eigenvalue weighted by molar-refractivity contribution is -0.117. The molecule has 24 heavy (non-hydrogen) atoms. The van der Waals surface area contributed by atoms with Crippen molar-refractivity contribution in [1.29, 1.82) is 0 Å². The molecule has 126 valence electrons. The van der Waals surface area contributed by atoms with Crippen LogP contribution in [-0.2, 0) is 11.3 Å². The van der Waals surface area contributed by atoms with Crippen molar-refractivity contribution in [1.82, 2.24) is 4.90 Å². The van der Waals surface area contributed by atoms with Gasteiger partial charge in [0.15, 0.2) is 0 Å². The first-order valence-electron chi connectivity index (χ1n) is 8.37. The minimum atomic E-state index is 0.0443. The SMILES string of the molecule is Cc1ccc(NC(=O)CN(Cc2ccc(Cl)cc2)C2CC2)c(C)c1. The first kappa shape index (κ1) is 17.0. The van der Waals surface area contributed by atoms with Crippen LogP contribution in [0.3, 0.4) is 0 Å². The van der Waals surface area contributed by atoms with Crippen molar-refractivity contribution in [3.63, 3.8) is 0 Å². The van der Waals surface area contributed by atoms with Crippen LogP contribution in [0.15, 0.2) is 42.5 Å². The van der Waals surface area contributed by atoms with E-state index in [0.717, 1.165) is 22.8 Å². The summed E-state index contributed by atoms with van der Waals surface area (Å²) in [6, 6.07) is 14.5. The van der Waals surface area contributed by atoms with Gasteiger partial charge in [0.1, 0.15) is 0 Å². The molecule has 1 aliphatic rings. The van der Waals surface area contributed by atoms with Gasteiger partial charge in [0.25, 0.3) is 0 Å². The summed E-state index contributed by atoms with van der Waals surface area (Å²) in [5, 5.41) is 3.78. The van der Waals surface area contributed by atoms with Crippen LogP contribution in [0.25, 0.3) is 0 Å². The van der Waals surface area contributed by atoms with E-state index in [1.54, 1.807) is 0 Å². The third-order valence-electron chi connectivity index (χ3n) is 4.36. The van der Waals surface area contributed by atoms with E-state index in [2.05, 4.69) is 23.2 Å². The Bertz CT molecular complexity index is 723. The second kappa shape index (κ2) is 7.37. The lowest BCUT2D eigenvalue weighted by atomic mass is 10.1. The minimum absolute atomic E-state index is 0.0443. The highest BCUT2D eigenvalue weighted by Gasteiger charge is 2.30. The van der Waals surface area contributed by atoms with Gasteiger partial charge in [-0.15, -0.1) is 0 Å². The lowest BCUT2D eigenvalue weighted by Gasteiger charge is -2.22. The molecule has 0 saturated heterocycles. The molecule has 4 heteroatoms. The molecular formula is C20H23ClN2O. The zero-order chi connectivity index (χ0) is 17.1. The quantitative estimate of drug-likeness (QED) is 0.834. The van der Waals surface area contributed by atoms with E-state index in [0.29, 0.717) is 12.6 Å². The van der Waals surface area contributed by atoms with E-state index in [9.17, 15) is 4.79 Å². The van der Waals surface area contributed by atoms with Gasteiger partial charge >= 0.3 is 0 Å². The highest BCUT2D eigenvalue weighted by Crippen LogP contribution is 2.28. The molecule has 1 fully saturated rings. The fourth-order valence-corrected chi connectivity index (χ4v) is 3.03. The third-order valence-corrected chi connectivity index (χ3v) is 4.62.